The summed E-state index contributed by atoms with van der Waals surface area (Å²) in [6.45, 7) is 2.47. The number of nitrogens with one attached hydrogen (secondary N) is 5. The molecule has 0 saturated heterocycles. The minimum absolute atomic E-state index is 0.0999. The van der Waals surface area contributed by atoms with E-state index >= 15 is 0 Å². The topological polar surface area (TPSA) is 332 Å². The van der Waals surface area contributed by atoms with E-state index in [1.165, 1.54) is 13.8 Å². The van der Waals surface area contributed by atoms with E-state index in [1.807, 2.05) is 0 Å². The van der Waals surface area contributed by atoms with Crippen LogP contribution in [-0.4, -0.2) is 99.8 Å². The van der Waals surface area contributed by atoms with Crippen LogP contribution in [0.15, 0.2) is 30.3 Å². The van der Waals surface area contributed by atoms with E-state index < -0.39 is 102 Å². The zero-order valence-electron chi connectivity index (χ0n) is 25.7. The van der Waals surface area contributed by atoms with Crippen LogP contribution in [0.25, 0.3) is 0 Å². The normalized spacial score (nSPS) is 14.4. The SMILES string of the molecule is C[C@H](NC(=O)[C@H](C)NC(=O)[C@H](CC(=O)O)NC(=O)[C@@H](N)CCC(N)=O)C(=O)N[C@@H](Cc1ccccc1)C(=O)N[C@@H](CC(N)=O)C(=O)O. The molecule has 19 heteroatoms. The number of aliphatic carboxylic acids is 2. The highest BCUT2D eigenvalue weighted by Crippen LogP contribution is 2.06. The number of carboxylic acids is 2. The van der Waals surface area contributed by atoms with Crippen molar-refractivity contribution in [2.45, 2.75) is 82.2 Å². The number of hydrogen-bond acceptors (Lipinski definition) is 10. The van der Waals surface area contributed by atoms with Gasteiger partial charge in [0.25, 0.3) is 0 Å². The second-order valence-electron chi connectivity index (χ2n) is 10.6. The Morgan fingerprint density at radius 3 is 1.64 bits per heavy atom. The number of carbonyl (C=O) groups excluding carboxylic acids is 7. The lowest BCUT2D eigenvalue weighted by Crippen LogP contribution is -2.58. The summed E-state index contributed by atoms with van der Waals surface area (Å²) >= 11 is 0. The lowest BCUT2D eigenvalue weighted by Gasteiger charge is -2.24. The van der Waals surface area contributed by atoms with E-state index in [1.54, 1.807) is 30.3 Å². The van der Waals surface area contributed by atoms with E-state index in [2.05, 4.69) is 26.6 Å². The minimum atomic E-state index is -1.67. The molecule has 1 aromatic carbocycles. The summed E-state index contributed by atoms with van der Waals surface area (Å²) in [5.74, 6) is -9.44. The molecule has 47 heavy (non-hydrogen) atoms. The van der Waals surface area contributed by atoms with Gasteiger partial charge in [0, 0.05) is 12.8 Å². The summed E-state index contributed by atoms with van der Waals surface area (Å²) in [5, 5.41) is 29.8. The van der Waals surface area contributed by atoms with Gasteiger partial charge in [-0.05, 0) is 25.8 Å². The number of primary amides is 2. The number of amides is 7. The maximum Gasteiger partial charge on any atom is 0.326 e. The molecule has 0 unspecified atom stereocenters. The van der Waals surface area contributed by atoms with Crippen LogP contribution in [0, 0.1) is 0 Å². The summed E-state index contributed by atoms with van der Waals surface area (Å²) in [6, 6.07) is -0.288. The lowest BCUT2D eigenvalue weighted by atomic mass is 10.0. The Balaban J connectivity index is 2.94. The van der Waals surface area contributed by atoms with E-state index in [-0.39, 0.29) is 19.3 Å². The fourth-order valence-electron chi connectivity index (χ4n) is 3.90. The van der Waals surface area contributed by atoms with Crippen molar-refractivity contribution in [2.75, 3.05) is 0 Å². The van der Waals surface area contributed by atoms with Crippen LogP contribution in [0.2, 0.25) is 0 Å². The average Bonchev–Trinajstić information content (AvgIpc) is 2.98. The van der Waals surface area contributed by atoms with Gasteiger partial charge in [0.05, 0.1) is 18.9 Å². The van der Waals surface area contributed by atoms with Gasteiger partial charge in [0.15, 0.2) is 0 Å². The van der Waals surface area contributed by atoms with Gasteiger partial charge in [-0.1, -0.05) is 30.3 Å². The Morgan fingerprint density at radius 2 is 1.13 bits per heavy atom. The Morgan fingerprint density at radius 1 is 0.638 bits per heavy atom. The first-order valence-electron chi connectivity index (χ1n) is 14.2. The Hall–Kier alpha value is -5.59. The summed E-state index contributed by atoms with van der Waals surface area (Å²) in [6.07, 6.45) is -2.08. The predicted molar refractivity (Wildman–Crippen MR) is 161 cm³/mol. The zero-order valence-corrected chi connectivity index (χ0v) is 25.7. The standard InChI is InChI=1S/C28H40N8O11/c1-13(33-26(44)18(12-22(39)40)35-25(43)16(29)8-9-20(30)37)23(41)32-14(2)24(42)34-17(10-15-6-4-3-5-7-15)27(45)36-19(28(46)47)11-21(31)38/h3-7,13-14,16-19H,8-12,29H2,1-2H3,(H2,30,37)(H2,31,38)(H,32,41)(H,33,44)(H,34,42)(H,35,43)(H,36,45)(H,39,40)(H,46,47)/t13-,14-,16-,17-,18-,19-/m0/s1. The number of rotatable bonds is 20. The van der Waals surface area contributed by atoms with E-state index in [4.69, 9.17) is 17.2 Å². The molecule has 13 N–H and O–H groups in total. The van der Waals surface area contributed by atoms with Crippen LogP contribution in [0.4, 0.5) is 0 Å². The van der Waals surface area contributed by atoms with Crippen LogP contribution in [0.5, 0.6) is 0 Å². The quantitative estimate of drug-likeness (QED) is 0.0633. The van der Waals surface area contributed by atoms with Crippen molar-refractivity contribution in [2.24, 2.45) is 17.2 Å². The van der Waals surface area contributed by atoms with Crippen LogP contribution >= 0.6 is 0 Å². The number of carboxylic acid groups (broad SMARTS) is 2. The third-order valence-electron chi connectivity index (χ3n) is 6.49. The van der Waals surface area contributed by atoms with Crippen molar-refractivity contribution in [3.63, 3.8) is 0 Å². The highest BCUT2D eigenvalue weighted by molar-refractivity contribution is 5.97. The first-order chi connectivity index (χ1) is 21.9. The van der Waals surface area contributed by atoms with Crippen molar-refractivity contribution in [1.82, 2.24) is 26.6 Å². The van der Waals surface area contributed by atoms with Crippen LogP contribution in [0.1, 0.15) is 45.1 Å². The molecule has 0 radical (unpaired) electrons. The molecule has 1 aromatic rings. The summed E-state index contributed by atoms with van der Waals surface area (Å²) < 4.78 is 0. The van der Waals surface area contributed by atoms with Gasteiger partial charge in [0.2, 0.25) is 41.4 Å². The number of hydrogen-bond donors (Lipinski definition) is 10. The molecule has 0 heterocycles. The number of nitrogens with two attached hydrogens (primary N) is 3. The van der Waals surface area contributed by atoms with Gasteiger partial charge >= 0.3 is 11.9 Å². The monoisotopic (exact) mass is 664 g/mol. The summed E-state index contributed by atoms with van der Waals surface area (Å²) in [5.41, 5.74) is 16.3. The minimum Gasteiger partial charge on any atom is -0.481 e. The van der Waals surface area contributed by atoms with Crippen molar-refractivity contribution in [3.8, 4) is 0 Å². The van der Waals surface area contributed by atoms with E-state index in [9.17, 15) is 53.4 Å². The van der Waals surface area contributed by atoms with Gasteiger partial charge in [-0.25, -0.2) is 4.79 Å². The maximum absolute atomic E-state index is 13.0. The van der Waals surface area contributed by atoms with Crippen molar-refractivity contribution >= 4 is 53.3 Å². The molecule has 0 aliphatic carbocycles. The van der Waals surface area contributed by atoms with Crippen LogP contribution in [0.3, 0.4) is 0 Å². The third kappa shape index (κ3) is 14.8. The first kappa shape index (κ1) is 39.4. The molecule has 1 rings (SSSR count). The van der Waals surface area contributed by atoms with Gasteiger partial charge < -0.3 is 54.0 Å². The second-order valence-corrected chi connectivity index (χ2v) is 10.6. The Bertz CT molecular complexity index is 1340. The molecule has 0 aliphatic rings. The molecule has 0 bridgehead atoms. The van der Waals surface area contributed by atoms with E-state index in [0.29, 0.717) is 5.56 Å². The molecular formula is C28H40N8O11. The number of benzene rings is 1. The van der Waals surface area contributed by atoms with Crippen LogP contribution < -0.4 is 43.8 Å². The summed E-state index contributed by atoms with van der Waals surface area (Å²) in [4.78, 5) is 109. The van der Waals surface area contributed by atoms with Crippen molar-refractivity contribution in [1.29, 1.82) is 0 Å². The molecule has 19 nitrogen and oxygen atoms in total. The molecule has 0 fully saturated rings. The average molecular weight is 665 g/mol. The fourth-order valence-corrected chi connectivity index (χ4v) is 3.90. The molecule has 6 atom stereocenters. The molecule has 7 amide bonds. The van der Waals surface area contributed by atoms with Crippen molar-refractivity contribution < 1.29 is 53.4 Å². The number of carbonyl (C=O) groups is 9. The molecule has 0 aliphatic heterocycles. The molecule has 258 valence electrons. The van der Waals surface area contributed by atoms with Crippen LogP contribution in [-0.2, 0) is 49.6 Å². The predicted octanol–water partition coefficient (Wildman–Crippen LogP) is -4.28. The smallest absolute Gasteiger partial charge is 0.326 e. The molecule has 0 saturated carbocycles. The van der Waals surface area contributed by atoms with Gasteiger partial charge in [-0.15, -0.1) is 0 Å². The zero-order chi connectivity index (χ0) is 35.8. The molecule has 0 aromatic heterocycles. The lowest BCUT2D eigenvalue weighted by molar-refractivity contribution is -0.143. The Kier molecular flexibility index (Phi) is 16.0. The fraction of sp³-hybridized carbons (Fsp3) is 0.464. The van der Waals surface area contributed by atoms with Gasteiger partial charge in [0.1, 0.15) is 30.2 Å². The maximum atomic E-state index is 13.0. The second kappa shape index (κ2) is 19.0. The highest BCUT2D eigenvalue weighted by atomic mass is 16.4. The highest BCUT2D eigenvalue weighted by Gasteiger charge is 2.31. The largest absolute Gasteiger partial charge is 0.481 e. The first-order valence-corrected chi connectivity index (χ1v) is 14.2. The van der Waals surface area contributed by atoms with Gasteiger partial charge in [-0.3, -0.25) is 38.4 Å². The third-order valence-corrected chi connectivity index (χ3v) is 6.49. The van der Waals surface area contributed by atoms with Crippen molar-refractivity contribution in [3.05, 3.63) is 35.9 Å². The Labute approximate surface area is 268 Å². The van der Waals surface area contributed by atoms with Gasteiger partial charge in [-0.2, -0.15) is 0 Å². The summed E-state index contributed by atoms with van der Waals surface area (Å²) in [7, 11) is 0. The molecule has 0 spiro atoms. The molecular weight excluding hydrogens is 624 g/mol. The van der Waals surface area contributed by atoms with E-state index in [0.717, 1.165) is 0 Å².